The smallest absolute Gasteiger partial charge is 0.248 e. The lowest BCUT2D eigenvalue weighted by molar-refractivity contribution is 0.1000. The minimum Gasteiger partial charge on any atom is -0.379 e. The molecule has 0 bridgehead atoms. The van der Waals surface area contributed by atoms with Gasteiger partial charge in [0.15, 0.2) is 0 Å². The second-order valence-electron chi connectivity index (χ2n) is 4.27. The Morgan fingerprint density at radius 2 is 1.76 bits per heavy atom. The van der Waals surface area contributed by atoms with Gasteiger partial charge in [-0.3, -0.25) is 4.79 Å². The number of carbonyl (C=O) groups excluding carboxylic acids is 1. The number of rotatable bonds is 4. The van der Waals surface area contributed by atoms with E-state index in [2.05, 4.69) is 53.1 Å². The van der Waals surface area contributed by atoms with E-state index < -0.39 is 11.7 Å². The maximum Gasteiger partial charge on any atom is 0.248 e. The summed E-state index contributed by atoms with van der Waals surface area (Å²) in [4.78, 5) is 11.0. The average molecular weight is 481 g/mol. The molecule has 2 aromatic rings. The summed E-state index contributed by atoms with van der Waals surface area (Å²) in [5, 5.41) is 3.14. The third kappa shape index (κ3) is 4.05. The number of halogens is 4. The zero-order valence-electron chi connectivity index (χ0n) is 10.6. The second-order valence-corrected chi connectivity index (χ2v) is 6.89. The number of hydrogen-bond acceptors (Lipinski definition) is 2. The number of hydrogen-bond donors (Lipinski definition) is 2. The zero-order valence-corrected chi connectivity index (χ0v) is 15.3. The summed E-state index contributed by atoms with van der Waals surface area (Å²) < 4.78 is 16.5. The number of primary amides is 1. The maximum absolute atomic E-state index is 13.9. The van der Waals surface area contributed by atoms with E-state index in [-0.39, 0.29) is 12.1 Å². The minimum absolute atomic E-state index is 0.155. The van der Waals surface area contributed by atoms with Gasteiger partial charge < -0.3 is 11.1 Å². The molecule has 110 valence electrons. The molecule has 21 heavy (non-hydrogen) atoms. The minimum atomic E-state index is -0.646. The van der Waals surface area contributed by atoms with Crippen LogP contribution in [-0.2, 0) is 6.54 Å². The Kier molecular flexibility index (Phi) is 5.40. The molecule has 0 aromatic heterocycles. The standard InChI is InChI=1S/C14H10Br3FN2O/c15-9-4-10(16)13(11(17)5-9)20-6-8-2-1-7(14(19)21)3-12(8)18/h1-5,20H,6H2,(H2,19,21). The molecular formula is C14H10Br3FN2O. The Morgan fingerprint density at radius 3 is 2.29 bits per heavy atom. The Bertz CT molecular complexity index is 684. The normalized spacial score (nSPS) is 10.5. The lowest BCUT2D eigenvalue weighted by Gasteiger charge is -2.12. The van der Waals surface area contributed by atoms with E-state index in [0.29, 0.717) is 5.56 Å². The highest BCUT2D eigenvalue weighted by molar-refractivity contribution is 9.11. The fourth-order valence-electron chi connectivity index (χ4n) is 1.74. The van der Waals surface area contributed by atoms with E-state index >= 15 is 0 Å². The SMILES string of the molecule is NC(=O)c1ccc(CNc2c(Br)cc(Br)cc2Br)c(F)c1. The summed E-state index contributed by atoms with van der Waals surface area (Å²) in [5.74, 6) is -1.12. The van der Waals surface area contributed by atoms with Crippen molar-refractivity contribution in [2.45, 2.75) is 6.54 Å². The predicted octanol–water partition coefficient (Wildman–Crippen LogP) is 4.82. The van der Waals surface area contributed by atoms with Crippen LogP contribution in [-0.4, -0.2) is 5.91 Å². The van der Waals surface area contributed by atoms with Crippen LogP contribution in [0.15, 0.2) is 43.7 Å². The third-order valence-corrected chi connectivity index (χ3v) is 4.51. The lowest BCUT2D eigenvalue weighted by Crippen LogP contribution is -2.12. The van der Waals surface area contributed by atoms with Crippen LogP contribution in [0.5, 0.6) is 0 Å². The summed E-state index contributed by atoms with van der Waals surface area (Å²) in [5.41, 5.74) is 6.53. The van der Waals surface area contributed by atoms with Crippen LogP contribution in [0.25, 0.3) is 0 Å². The number of amides is 1. The molecule has 7 heteroatoms. The second kappa shape index (κ2) is 6.89. The van der Waals surface area contributed by atoms with Crippen LogP contribution in [0, 0.1) is 5.82 Å². The molecule has 2 rings (SSSR count). The molecule has 0 saturated heterocycles. The molecule has 0 aliphatic rings. The molecule has 0 fully saturated rings. The van der Waals surface area contributed by atoms with Gasteiger partial charge in [-0.2, -0.15) is 0 Å². The van der Waals surface area contributed by atoms with Crippen molar-refractivity contribution >= 4 is 59.4 Å². The van der Waals surface area contributed by atoms with E-state index in [0.717, 1.165) is 25.2 Å². The van der Waals surface area contributed by atoms with Crippen molar-refractivity contribution in [3.63, 3.8) is 0 Å². The van der Waals surface area contributed by atoms with Gasteiger partial charge in [0.05, 0.1) is 5.69 Å². The molecule has 0 radical (unpaired) electrons. The summed E-state index contributed by atoms with van der Waals surface area (Å²) in [7, 11) is 0. The molecular weight excluding hydrogens is 471 g/mol. The first-order valence-electron chi connectivity index (χ1n) is 5.85. The van der Waals surface area contributed by atoms with Gasteiger partial charge in [-0.05, 0) is 56.1 Å². The summed E-state index contributed by atoms with van der Waals surface area (Å²) in [6.07, 6.45) is 0. The van der Waals surface area contributed by atoms with Crippen LogP contribution in [0.4, 0.5) is 10.1 Å². The fraction of sp³-hybridized carbons (Fsp3) is 0.0714. The number of carbonyl (C=O) groups is 1. The average Bonchev–Trinajstić information content (AvgIpc) is 2.38. The van der Waals surface area contributed by atoms with Gasteiger partial charge >= 0.3 is 0 Å². The lowest BCUT2D eigenvalue weighted by atomic mass is 10.1. The van der Waals surface area contributed by atoms with E-state index in [1.165, 1.54) is 6.07 Å². The molecule has 3 N–H and O–H groups in total. The van der Waals surface area contributed by atoms with Gasteiger partial charge in [0.2, 0.25) is 5.91 Å². The van der Waals surface area contributed by atoms with Gasteiger partial charge in [0, 0.05) is 31.1 Å². The number of benzene rings is 2. The Morgan fingerprint density at radius 1 is 1.14 bits per heavy atom. The van der Waals surface area contributed by atoms with Crippen LogP contribution in [0.3, 0.4) is 0 Å². The number of nitrogens with two attached hydrogens (primary N) is 1. The molecule has 0 saturated carbocycles. The monoisotopic (exact) mass is 478 g/mol. The Balaban J connectivity index is 2.19. The highest BCUT2D eigenvalue weighted by Gasteiger charge is 2.10. The topological polar surface area (TPSA) is 55.1 Å². The van der Waals surface area contributed by atoms with Crippen molar-refractivity contribution in [3.8, 4) is 0 Å². The van der Waals surface area contributed by atoms with Gasteiger partial charge in [0.25, 0.3) is 0 Å². The molecule has 1 amide bonds. The van der Waals surface area contributed by atoms with E-state index in [9.17, 15) is 9.18 Å². The molecule has 3 nitrogen and oxygen atoms in total. The van der Waals surface area contributed by atoms with Gasteiger partial charge in [-0.1, -0.05) is 22.0 Å². The Labute approximate surface area is 146 Å². The van der Waals surface area contributed by atoms with Crippen LogP contribution >= 0.6 is 47.8 Å². The Hall–Kier alpha value is -0.920. The number of nitrogens with one attached hydrogen (secondary N) is 1. The first-order chi connectivity index (χ1) is 9.88. The molecule has 0 spiro atoms. The van der Waals surface area contributed by atoms with E-state index in [4.69, 9.17) is 5.73 Å². The quantitative estimate of drug-likeness (QED) is 0.659. The third-order valence-electron chi connectivity index (χ3n) is 2.80. The van der Waals surface area contributed by atoms with E-state index in [1.807, 2.05) is 12.1 Å². The number of anilines is 1. The summed E-state index contributed by atoms with van der Waals surface area (Å²) in [6.45, 7) is 0.281. The molecule has 0 aliphatic carbocycles. The largest absolute Gasteiger partial charge is 0.379 e. The van der Waals surface area contributed by atoms with Crippen molar-refractivity contribution in [2.75, 3.05) is 5.32 Å². The molecule has 2 aromatic carbocycles. The van der Waals surface area contributed by atoms with Crippen molar-refractivity contribution < 1.29 is 9.18 Å². The molecule has 0 unspecified atom stereocenters. The predicted molar refractivity (Wildman–Crippen MR) is 91.8 cm³/mol. The van der Waals surface area contributed by atoms with Crippen LogP contribution in [0.1, 0.15) is 15.9 Å². The van der Waals surface area contributed by atoms with Crippen LogP contribution in [0.2, 0.25) is 0 Å². The van der Waals surface area contributed by atoms with Crippen molar-refractivity contribution in [3.05, 3.63) is 60.7 Å². The highest BCUT2D eigenvalue weighted by atomic mass is 79.9. The molecule has 0 atom stereocenters. The zero-order chi connectivity index (χ0) is 15.6. The highest BCUT2D eigenvalue weighted by Crippen LogP contribution is 2.34. The molecule has 0 aliphatic heterocycles. The van der Waals surface area contributed by atoms with Crippen molar-refractivity contribution in [1.29, 1.82) is 0 Å². The van der Waals surface area contributed by atoms with Gasteiger partial charge in [0.1, 0.15) is 5.82 Å². The summed E-state index contributed by atoms with van der Waals surface area (Å²) in [6, 6.07) is 7.97. The van der Waals surface area contributed by atoms with Crippen LogP contribution < -0.4 is 11.1 Å². The first-order valence-corrected chi connectivity index (χ1v) is 8.23. The summed E-state index contributed by atoms with van der Waals surface area (Å²) >= 11 is 10.3. The van der Waals surface area contributed by atoms with Crippen molar-refractivity contribution in [1.82, 2.24) is 0 Å². The molecule has 0 heterocycles. The van der Waals surface area contributed by atoms with Crippen molar-refractivity contribution in [2.24, 2.45) is 5.73 Å². The van der Waals surface area contributed by atoms with E-state index in [1.54, 1.807) is 6.07 Å². The fourth-order valence-corrected chi connectivity index (χ4v) is 4.28. The van der Waals surface area contributed by atoms with Gasteiger partial charge in [-0.15, -0.1) is 0 Å². The first kappa shape index (κ1) is 16.5. The maximum atomic E-state index is 13.9. The van der Waals surface area contributed by atoms with Gasteiger partial charge in [-0.25, -0.2) is 4.39 Å².